The van der Waals surface area contributed by atoms with Gasteiger partial charge in [-0.05, 0) is 74.2 Å². The van der Waals surface area contributed by atoms with E-state index in [0.29, 0.717) is 31.8 Å². The molecule has 1 amide bonds. The summed E-state index contributed by atoms with van der Waals surface area (Å²) in [6, 6.07) is 10.9. The zero-order valence-electron chi connectivity index (χ0n) is 19.1. The number of sulfonamides is 2. The fourth-order valence-corrected chi connectivity index (χ4v) is 6.83. The highest BCUT2D eigenvalue weighted by atomic mass is 32.2. The molecule has 184 valence electrons. The Balaban J connectivity index is 1.31. The van der Waals surface area contributed by atoms with Crippen molar-refractivity contribution >= 4 is 31.6 Å². The van der Waals surface area contributed by atoms with Crippen LogP contribution in [0.3, 0.4) is 0 Å². The molecule has 1 N–H and O–H groups in total. The summed E-state index contributed by atoms with van der Waals surface area (Å²) in [7, 11) is -7.23. The molecular formula is C23H29N3O6S2. The molecule has 0 spiro atoms. The average Bonchev–Trinajstić information content (AvgIpc) is 3.50. The van der Waals surface area contributed by atoms with Crippen molar-refractivity contribution < 1.29 is 26.4 Å². The van der Waals surface area contributed by atoms with Crippen LogP contribution in [0.4, 0.5) is 5.69 Å². The molecular weight excluding hydrogens is 478 g/mol. The Morgan fingerprint density at radius 2 is 1.59 bits per heavy atom. The molecule has 2 aromatic rings. The maximum atomic E-state index is 12.7. The van der Waals surface area contributed by atoms with Gasteiger partial charge in [0.05, 0.1) is 9.79 Å². The minimum Gasteiger partial charge on any atom is -0.492 e. The monoisotopic (exact) mass is 507 g/mol. The second-order valence-corrected chi connectivity index (χ2v) is 12.1. The third-order valence-corrected chi connectivity index (χ3v) is 9.40. The highest BCUT2D eigenvalue weighted by Crippen LogP contribution is 2.27. The van der Waals surface area contributed by atoms with Crippen LogP contribution in [0.2, 0.25) is 0 Å². The van der Waals surface area contributed by atoms with E-state index in [9.17, 15) is 21.6 Å². The quantitative estimate of drug-likeness (QED) is 0.521. The van der Waals surface area contributed by atoms with E-state index in [-0.39, 0.29) is 28.8 Å². The first-order chi connectivity index (χ1) is 16.2. The number of aryl methyl sites for hydroxylation is 1. The first-order valence-electron chi connectivity index (χ1n) is 11.3. The zero-order chi connectivity index (χ0) is 24.3. The minimum absolute atomic E-state index is 0.0432. The van der Waals surface area contributed by atoms with Crippen LogP contribution in [-0.2, 0) is 24.8 Å². The summed E-state index contributed by atoms with van der Waals surface area (Å²) in [6.07, 6.45) is 3.06. The lowest BCUT2D eigenvalue weighted by atomic mass is 10.2. The van der Waals surface area contributed by atoms with Crippen molar-refractivity contribution in [3.8, 4) is 5.75 Å². The van der Waals surface area contributed by atoms with Crippen LogP contribution in [0.1, 0.15) is 31.2 Å². The van der Waals surface area contributed by atoms with Crippen LogP contribution in [0.15, 0.2) is 52.3 Å². The molecule has 11 heteroatoms. The maximum Gasteiger partial charge on any atom is 0.243 e. The van der Waals surface area contributed by atoms with Gasteiger partial charge in [0, 0.05) is 38.3 Å². The van der Waals surface area contributed by atoms with E-state index in [4.69, 9.17) is 4.74 Å². The summed E-state index contributed by atoms with van der Waals surface area (Å²) in [4.78, 5) is 14.0. The largest absolute Gasteiger partial charge is 0.492 e. The van der Waals surface area contributed by atoms with E-state index in [1.165, 1.54) is 22.5 Å². The van der Waals surface area contributed by atoms with Crippen molar-refractivity contribution in [3.05, 3.63) is 48.0 Å². The number of hydrogen-bond donors (Lipinski definition) is 1. The molecule has 0 aromatic heterocycles. The second-order valence-electron chi connectivity index (χ2n) is 8.43. The molecule has 2 fully saturated rings. The van der Waals surface area contributed by atoms with Crippen LogP contribution in [0, 0.1) is 6.92 Å². The van der Waals surface area contributed by atoms with E-state index >= 15 is 0 Å². The number of ether oxygens (including phenoxy) is 1. The van der Waals surface area contributed by atoms with E-state index in [0.717, 1.165) is 30.5 Å². The first-order valence-corrected chi connectivity index (χ1v) is 14.2. The molecule has 2 aromatic carbocycles. The maximum absolute atomic E-state index is 12.7. The summed E-state index contributed by atoms with van der Waals surface area (Å²) < 4.78 is 60.0. The molecule has 2 saturated heterocycles. The number of benzene rings is 2. The normalized spacial score (nSPS) is 17.4. The lowest BCUT2D eigenvalue weighted by Crippen LogP contribution is -2.29. The SMILES string of the molecule is Cc1cc(S(=O)(=O)NCCOc2ccc(S(=O)(=O)N3CCCC3)cc2)ccc1N1CCCC1=O. The van der Waals surface area contributed by atoms with Crippen LogP contribution >= 0.6 is 0 Å². The molecule has 34 heavy (non-hydrogen) atoms. The van der Waals surface area contributed by atoms with Gasteiger partial charge in [0.15, 0.2) is 0 Å². The number of carbonyl (C=O) groups excluding carboxylic acids is 1. The Labute approximate surface area is 200 Å². The fourth-order valence-electron chi connectivity index (χ4n) is 4.21. The Bertz CT molecular complexity index is 1250. The third kappa shape index (κ3) is 5.27. The minimum atomic E-state index is -3.74. The Hall–Kier alpha value is -2.47. The molecule has 2 heterocycles. The molecule has 0 radical (unpaired) electrons. The number of hydrogen-bond acceptors (Lipinski definition) is 6. The summed E-state index contributed by atoms with van der Waals surface area (Å²) >= 11 is 0. The van der Waals surface area contributed by atoms with Crippen molar-refractivity contribution in [1.29, 1.82) is 0 Å². The molecule has 0 unspecified atom stereocenters. The van der Waals surface area contributed by atoms with Gasteiger partial charge in [0.1, 0.15) is 12.4 Å². The molecule has 0 bridgehead atoms. The molecule has 0 atom stereocenters. The predicted octanol–water partition coefficient (Wildman–Crippen LogP) is 2.26. The summed E-state index contributed by atoms with van der Waals surface area (Å²) in [5.41, 5.74) is 1.46. The van der Waals surface area contributed by atoms with Crippen molar-refractivity contribution in [2.24, 2.45) is 0 Å². The van der Waals surface area contributed by atoms with Crippen LogP contribution < -0.4 is 14.4 Å². The van der Waals surface area contributed by atoms with Gasteiger partial charge >= 0.3 is 0 Å². The van der Waals surface area contributed by atoms with Crippen molar-refractivity contribution in [3.63, 3.8) is 0 Å². The van der Waals surface area contributed by atoms with Crippen molar-refractivity contribution in [2.45, 2.75) is 42.4 Å². The number of anilines is 1. The Morgan fingerprint density at radius 1 is 0.912 bits per heavy atom. The topological polar surface area (TPSA) is 113 Å². The van der Waals surface area contributed by atoms with E-state index in [1.807, 2.05) is 0 Å². The molecule has 2 aliphatic rings. The van der Waals surface area contributed by atoms with Gasteiger partial charge in [0.2, 0.25) is 26.0 Å². The highest BCUT2D eigenvalue weighted by Gasteiger charge is 2.27. The Kier molecular flexibility index (Phi) is 7.27. The second kappa shape index (κ2) is 10.0. The molecule has 0 aliphatic carbocycles. The van der Waals surface area contributed by atoms with Crippen molar-refractivity contribution in [2.75, 3.05) is 37.7 Å². The summed E-state index contributed by atoms with van der Waals surface area (Å²) in [6.45, 7) is 3.64. The summed E-state index contributed by atoms with van der Waals surface area (Å²) in [5.74, 6) is 0.505. The highest BCUT2D eigenvalue weighted by molar-refractivity contribution is 7.89. The predicted molar refractivity (Wildman–Crippen MR) is 128 cm³/mol. The van der Waals surface area contributed by atoms with Crippen LogP contribution in [-0.4, -0.2) is 59.8 Å². The van der Waals surface area contributed by atoms with Crippen LogP contribution in [0.25, 0.3) is 0 Å². The van der Waals surface area contributed by atoms with Gasteiger partial charge in [-0.1, -0.05) is 0 Å². The van der Waals surface area contributed by atoms with Crippen LogP contribution in [0.5, 0.6) is 5.75 Å². The molecule has 4 rings (SSSR count). The smallest absolute Gasteiger partial charge is 0.243 e. The van der Waals surface area contributed by atoms with Gasteiger partial charge < -0.3 is 9.64 Å². The fraction of sp³-hybridized carbons (Fsp3) is 0.435. The molecule has 9 nitrogen and oxygen atoms in total. The van der Waals surface area contributed by atoms with Gasteiger partial charge in [-0.25, -0.2) is 21.6 Å². The molecule has 0 saturated carbocycles. The van der Waals surface area contributed by atoms with Gasteiger partial charge in [-0.3, -0.25) is 4.79 Å². The lowest BCUT2D eigenvalue weighted by molar-refractivity contribution is -0.117. The van der Waals surface area contributed by atoms with Gasteiger partial charge in [-0.2, -0.15) is 4.31 Å². The standard InChI is InChI=1S/C23H29N3O6S2/c1-18-17-21(10-11-22(18)26-15-4-5-23(26)27)33(28,29)24-12-16-32-19-6-8-20(9-7-19)34(30,31)25-13-2-3-14-25/h6-11,17,24H,2-5,12-16H2,1H3. The first kappa shape index (κ1) is 24.6. The zero-order valence-corrected chi connectivity index (χ0v) is 20.7. The van der Waals surface area contributed by atoms with Gasteiger partial charge in [0.25, 0.3) is 0 Å². The van der Waals surface area contributed by atoms with Gasteiger partial charge in [-0.15, -0.1) is 0 Å². The van der Waals surface area contributed by atoms with E-state index in [2.05, 4.69) is 4.72 Å². The third-order valence-electron chi connectivity index (χ3n) is 6.03. The number of amides is 1. The van der Waals surface area contributed by atoms with E-state index in [1.54, 1.807) is 36.1 Å². The number of nitrogens with zero attached hydrogens (tertiary/aromatic N) is 2. The van der Waals surface area contributed by atoms with Crippen molar-refractivity contribution in [1.82, 2.24) is 9.03 Å². The summed E-state index contributed by atoms with van der Waals surface area (Å²) in [5, 5.41) is 0. The molecule has 2 aliphatic heterocycles. The Morgan fingerprint density at radius 3 is 2.21 bits per heavy atom. The number of carbonyl (C=O) groups is 1. The number of rotatable bonds is 9. The lowest BCUT2D eigenvalue weighted by Gasteiger charge is -2.19. The van der Waals surface area contributed by atoms with E-state index < -0.39 is 20.0 Å². The average molecular weight is 508 g/mol. The number of nitrogens with one attached hydrogen (secondary N) is 1.